The van der Waals surface area contributed by atoms with Gasteiger partial charge in [-0.1, -0.05) is 6.92 Å². The molecular weight excluding hydrogens is 172 g/mol. The number of carboxylic acids is 1. The molecule has 1 atom stereocenters. The van der Waals surface area contributed by atoms with Crippen molar-refractivity contribution in [2.45, 2.75) is 13.5 Å². The SMILES string of the molecule is C[C@H]1COc2cc(C(=O)O)nn2C1. The molecule has 5 nitrogen and oxygen atoms in total. The highest BCUT2D eigenvalue weighted by molar-refractivity contribution is 5.85. The van der Waals surface area contributed by atoms with Crippen molar-refractivity contribution >= 4 is 5.97 Å². The van der Waals surface area contributed by atoms with Gasteiger partial charge in [0.2, 0.25) is 5.88 Å². The molecule has 5 heteroatoms. The minimum absolute atomic E-state index is 0.0455. The van der Waals surface area contributed by atoms with Crippen LogP contribution in [0.3, 0.4) is 0 Å². The van der Waals surface area contributed by atoms with Gasteiger partial charge in [0.25, 0.3) is 0 Å². The number of aromatic carboxylic acids is 1. The van der Waals surface area contributed by atoms with Gasteiger partial charge in [0.1, 0.15) is 0 Å². The van der Waals surface area contributed by atoms with Crippen LogP contribution in [0, 0.1) is 5.92 Å². The van der Waals surface area contributed by atoms with Crippen molar-refractivity contribution in [2.24, 2.45) is 5.92 Å². The highest BCUT2D eigenvalue weighted by Crippen LogP contribution is 2.20. The lowest BCUT2D eigenvalue weighted by atomic mass is 10.2. The Hall–Kier alpha value is -1.52. The zero-order chi connectivity index (χ0) is 9.42. The summed E-state index contributed by atoms with van der Waals surface area (Å²) < 4.78 is 6.90. The zero-order valence-corrected chi connectivity index (χ0v) is 7.23. The predicted octanol–water partition coefficient (Wildman–Crippen LogP) is 0.610. The van der Waals surface area contributed by atoms with E-state index in [0.717, 1.165) is 6.54 Å². The van der Waals surface area contributed by atoms with E-state index >= 15 is 0 Å². The summed E-state index contributed by atoms with van der Waals surface area (Å²) in [6.07, 6.45) is 0. The molecule has 1 aliphatic rings. The van der Waals surface area contributed by atoms with Gasteiger partial charge in [0.05, 0.1) is 13.2 Å². The number of nitrogens with zero attached hydrogens (tertiary/aromatic N) is 2. The average Bonchev–Trinajstić information content (AvgIpc) is 2.46. The lowest BCUT2D eigenvalue weighted by molar-refractivity contribution is 0.0689. The first-order valence-corrected chi connectivity index (χ1v) is 4.11. The second kappa shape index (κ2) is 2.76. The molecule has 1 N–H and O–H groups in total. The maximum Gasteiger partial charge on any atom is 0.356 e. The standard InChI is InChI=1S/C8H10N2O3/c1-5-3-10-7(13-4-5)2-6(9-10)8(11)12/h2,5H,3-4H2,1H3,(H,11,12)/t5-/m1/s1. The Morgan fingerprint density at radius 2 is 2.62 bits per heavy atom. The van der Waals surface area contributed by atoms with Gasteiger partial charge in [-0.3, -0.25) is 0 Å². The third-order valence-electron chi connectivity index (χ3n) is 1.96. The summed E-state index contributed by atoms with van der Waals surface area (Å²) in [5, 5.41) is 12.6. The Kier molecular flexibility index (Phi) is 1.72. The summed E-state index contributed by atoms with van der Waals surface area (Å²) >= 11 is 0. The second-order valence-electron chi connectivity index (χ2n) is 3.27. The fraction of sp³-hybridized carbons (Fsp3) is 0.500. The predicted molar refractivity (Wildman–Crippen MR) is 43.8 cm³/mol. The summed E-state index contributed by atoms with van der Waals surface area (Å²) in [6, 6.07) is 1.45. The first kappa shape index (κ1) is 8.10. The number of carboxylic acid groups (broad SMARTS) is 1. The second-order valence-corrected chi connectivity index (χ2v) is 3.27. The molecule has 1 aromatic rings. The average molecular weight is 182 g/mol. The first-order valence-electron chi connectivity index (χ1n) is 4.11. The Morgan fingerprint density at radius 1 is 1.85 bits per heavy atom. The number of ether oxygens (including phenoxy) is 1. The Labute approximate surface area is 74.9 Å². The molecule has 13 heavy (non-hydrogen) atoms. The van der Waals surface area contributed by atoms with E-state index < -0.39 is 5.97 Å². The first-order chi connectivity index (χ1) is 6.16. The highest BCUT2D eigenvalue weighted by Gasteiger charge is 2.20. The van der Waals surface area contributed by atoms with Crippen LogP contribution in [-0.4, -0.2) is 27.5 Å². The Morgan fingerprint density at radius 3 is 3.31 bits per heavy atom. The molecule has 2 heterocycles. The van der Waals surface area contributed by atoms with Gasteiger partial charge in [-0.25, -0.2) is 9.48 Å². The number of fused-ring (bicyclic) bond motifs is 1. The molecule has 0 radical (unpaired) electrons. The Balaban J connectivity index is 2.33. The summed E-state index contributed by atoms with van der Waals surface area (Å²) in [6.45, 7) is 3.39. The van der Waals surface area contributed by atoms with Crippen molar-refractivity contribution in [3.8, 4) is 5.88 Å². The van der Waals surface area contributed by atoms with Crippen molar-refractivity contribution in [2.75, 3.05) is 6.61 Å². The molecule has 2 rings (SSSR count). The molecule has 1 aromatic heterocycles. The van der Waals surface area contributed by atoms with E-state index in [1.165, 1.54) is 6.07 Å². The summed E-state index contributed by atoms with van der Waals surface area (Å²) in [5.41, 5.74) is 0.0455. The van der Waals surface area contributed by atoms with Crippen molar-refractivity contribution in [3.05, 3.63) is 11.8 Å². The number of carbonyl (C=O) groups is 1. The number of hydrogen-bond acceptors (Lipinski definition) is 3. The van der Waals surface area contributed by atoms with Crippen molar-refractivity contribution in [3.63, 3.8) is 0 Å². The molecule has 0 fully saturated rings. The van der Waals surface area contributed by atoms with Crippen LogP contribution in [0.4, 0.5) is 0 Å². The van der Waals surface area contributed by atoms with Crippen LogP contribution < -0.4 is 4.74 Å². The smallest absolute Gasteiger partial charge is 0.356 e. The third-order valence-corrected chi connectivity index (χ3v) is 1.96. The van der Waals surface area contributed by atoms with E-state index in [-0.39, 0.29) is 5.69 Å². The number of aromatic nitrogens is 2. The minimum Gasteiger partial charge on any atom is -0.477 e. The number of rotatable bonds is 1. The molecule has 0 aromatic carbocycles. The van der Waals surface area contributed by atoms with E-state index in [4.69, 9.17) is 9.84 Å². The molecule has 0 saturated carbocycles. The van der Waals surface area contributed by atoms with E-state index in [1.54, 1.807) is 4.68 Å². The normalized spacial score (nSPS) is 20.5. The van der Waals surface area contributed by atoms with Crippen LogP contribution in [0.1, 0.15) is 17.4 Å². The van der Waals surface area contributed by atoms with Gasteiger partial charge >= 0.3 is 5.97 Å². The van der Waals surface area contributed by atoms with Gasteiger partial charge in [-0.2, -0.15) is 5.10 Å². The van der Waals surface area contributed by atoms with Gasteiger partial charge in [0.15, 0.2) is 5.69 Å². The van der Waals surface area contributed by atoms with Crippen molar-refractivity contribution < 1.29 is 14.6 Å². The maximum atomic E-state index is 10.6. The van der Waals surface area contributed by atoms with Gasteiger partial charge < -0.3 is 9.84 Å². The van der Waals surface area contributed by atoms with E-state index in [0.29, 0.717) is 18.4 Å². The fourth-order valence-corrected chi connectivity index (χ4v) is 1.33. The highest BCUT2D eigenvalue weighted by atomic mass is 16.5. The van der Waals surface area contributed by atoms with Crippen molar-refractivity contribution in [1.82, 2.24) is 9.78 Å². The van der Waals surface area contributed by atoms with Gasteiger partial charge in [0, 0.05) is 12.0 Å². The van der Waals surface area contributed by atoms with Crippen LogP contribution in [0.25, 0.3) is 0 Å². The molecule has 0 unspecified atom stereocenters. The molecule has 0 bridgehead atoms. The van der Waals surface area contributed by atoms with Crippen molar-refractivity contribution in [1.29, 1.82) is 0 Å². The molecular formula is C8H10N2O3. The monoisotopic (exact) mass is 182 g/mol. The topological polar surface area (TPSA) is 64.3 Å². The quantitative estimate of drug-likeness (QED) is 0.691. The van der Waals surface area contributed by atoms with E-state index in [1.807, 2.05) is 6.92 Å². The molecule has 70 valence electrons. The zero-order valence-electron chi connectivity index (χ0n) is 7.23. The Bertz CT molecular complexity index is 345. The van der Waals surface area contributed by atoms with Crippen LogP contribution in [0.5, 0.6) is 5.88 Å². The lowest BCUT2D eigenvalue weighted by Crippen LogP contribution is -2.23. The van der Waals surface area contributed by atoms with Gasteiger partial charge in [-0.05, 0) is 0 Å². The fourth-order valence-electron chi connectivity index (χ4n) is 1.33. The summed E-state index contributed by atoms with van der Waals surface area (Å²) in [4.78, 5) is 10.6. The van der Waals surface area contributed by atoms with Crippen LogP contribution >= 0.6 is 0 Å². The summed E-state index contributed by atoms with van der Waals surface area (Å²) in [7, 11) is 0. The molecule has 0 aliphatic carbocycles. The summed E-state index contributed by atoms with van der Waals surface area (Å²) in [5.74, 6) is -0.0808. The van der Waals surface area contributed by atoms with Crippen LogP contribution in [0.2, 0.25) is 0 Å². The van der Waals surface area contributed by atoms with Gasteiger partial charge in [-0.15, -0.1) is 0 Å². The van der Waals surface area contributed by atoms with Crippen LogP contribution in [-0.2, 0) is 6.54 Å². The molecule has 1 aliphatic heterocycles. The minimum atomic E-state index is -1.02. The molecule has 0 spiro atoms. The molecule has 0 amide bonds. The number of hydrogen-bond donors (Lipinski definition) is 1. The maximum absolute atomic E-state index is 10.6. The third kappa shape index (κ3) is 1.37. The lowest BCUT2D eigenvalue weighted by Gasteiger charge is -2.20. The molecule has 0 saturated heterocycles. The van der Waals surface area contributed by atoms with Crippen LogP contribution in [0.15, 0.2) is 6.07 Å². The largest absolute Gasteiger partial charge is 0.477 e. The van der Waals surface area contributed by atoms with E-state index in [9.17, 15) is 4.79 Å². The van der Waals surface area contributed by atoms with E-state index in [2.05, 4.69) is 5.10 Å².